The molecule has 3 heterocycles. The standard InChI is InChI=1S/C82H78N5/c1-79(2,3)59-42-43-83-77(51-59)87-73-37-25-24-36-69(73)67-34-22-23-35-68(67)70-41-40-64(53-76(70)87)86(63-32-20-15-21-33-63)66-47-57(55-28-16-13-17-29-55)46-65(52-66)84-54-85(75-39-27-26-38-74(75)84)78-71(56-30-18-14-19-31-56)49-62(82(10,11)12)50-72(78)58-44-60(80(4,5)6)48-61(45-58)81(7,8)9/h13-54H,1-12H3/q+1. The van der Waals surface area contributed by atoms with Gasteiger partial charge in [-0.2, -0.15) is 9.13 Å². The van der Waals surface area contributed by atoms with Crippen molar-refractivity contribution in [2.75, 3.05) is 9.80 Å². The summed E-state index contributed by atoms with van der Waals surface area (Å²) in [5.41, 5.74) is 26.0. The highest BCUT2D eigenvalue weighted by molar-refractivity contribution is 6.03. The quantitative estimate of drug-likeness (QED) is 0.135. The number of hydrogen-bond donors (Lipinski definition) is 0. The molecule has 0 spiro atoms. The average molecular weight is 1130 g/mol. The van der Waals surface area contributed by atoms with E-state index in [0.717, 1.165) is 78.9 Å². The van der Waals surface area contributed by atoms with Crippen LogP contribution in [0.1, 0.15) is 105 Å². The Hall–Kier alpha value is -9.58. The second-order valence-corrected chi connectivity index (χ2v) is 27.7. The number of rotatable bonds is 9. The van der Waals surface area contributed by atoms with Gasteiger partial charge >= 0.3 is 0 Å². The van der Waals surface area contributed by atoms with Gasteiger partial charge in [0, 0.05) is 45.9 Å². The van der Waals surface area contributed by atoms with Gasteiger partial charge in [0.15, 0.2) is 11.0 Å². The predicted octanol–water partition coefficient (Wildman–Crippen LogP) is 22.1. The molecular weight excluding hydrogens is 1050 g/mol. The maximum Gasteiger partial charge on any atom is 0.255 e. The summed E-state index contributed by atoms with van der Waals surface area (Å²) in [7, 11) is 0. The minimum absolute atomic E-state index is 0.0811. The highest BCUT2D eigenvalue weighted by Crippen LogP contribution is 2.53. The zero-order valence-corrected chi connectivity index (χ0v) is 52.5. The molecular formula is C82H78N5+. The Morgan fingerprint density at radius 1 is 0.345 bits per heavy atom. The van der Waals surface area contributed by atoms with Gasteiger partial charge in [-0.15, -0.1) is 0 Å². The molecule has 0 aliphatic carbocycles. The van der Waals surface area contributed by atoms with E-state index in [1.54, 1.807) is 0 Å². The summed E-state index contributed by atoms with van der Waals surface area (Å²) in [6.07, 6.45) is 4.32. The van der Waals surface area contributed by atoms with Gasteiger partial charge in [-0.1, -0.05) is 241 Å². The summed E-state index contributed by atoms with van der Waals surface area (Å²) in [5, 5.41) is 0. The van der Waals surface area contributed by atoms with E-state index in [1.165, 1.54) is 55.6 Å². The highest BCUT2D eigenvalue weighted by Gasteiger charge is 2.33. The van der Waals surface area contributed by atoms with Crippen LogP contribution in [-0.2, 0) is 21.7 Å². The van der Waals surface area contributed by atoms with Crippen molar-refractivity contribution in [1.82, 2.24) is 9.55 Å². The second kappa shape index (κ2) is 21.7. The van der Waals surface area contributed by atoms with Gasteiger partial charge in [0.1, 0.15) is 17.2 Å². The number of aromatic nitrogens is 3. The number of benzene rings is 10. The van der Waals surface area contributed by atoms with Crippen molar-refractivity contribution in [1.29, 1.82) is 0 Å². The Kier molecular flexibility index (Phi) is 14.1. The van der Waals surface area contributed by atoms with E-state index in [9.17, 15) is 0 Å². The van der Waals surface area contributed by atoms with Crippen LogP contribution in [0.2, 0.25) is 0 Å². The maximum atomic E-state index is 5.20. The zero-order chi connectivity index (χ0) is 60.6. The van der Waals surface area contributed by atoms with Crippen molar-refractivity contribution >= 4 is 45.3 Å². The fraction of sp³-hybridized carbons (Fsp3) is 0.195. The van der Waals surface area contributed by atoms with Gasteiger partial charge in [-0.05, 0) is 156 Å². The van der Waals surface area contributed by atoms with Gasteiger partial charge in [0.25, 0.3) is 6.33 Å². The lowest BCUT2D eigenvalue weighted by Crippen LogP contribution is -2.31. The molecule has 0 fully saturated rings. The smallest absolute Gasteiger partial charge is 0.255 e. The monoisotopic (exact) mass is 1130 g/mol. The van der Waals surface area contributed by atoms with Crippen molar-refractivity contribution in [3.8, 4) is 67.0 Å². The highest BCUT2D eigenvalue weighted by atomic mass is 15.2. The van der Waals surface area contributed by atoms with Crippen molar-refractivity contribution < 1.29 is 4.57 Å². The molecule has 0 unspecified atom stereocenters. The van der Waals surface area contributed by atoms with Gasteiger partial charge in [0.2, 0.25) is 0 Å². The molecule has 2 aromatic heterocycles. The molecule has 0 saturated heterocycles. The fourth-order valence-electron chi connectivity index (χ4n) is 12.5. The molecule has 0 radical (unpaired) electrons. The lowest BCUT2D eigenvalue weighted by molar-refractivity contribution is -0.566. The van der Waals surface area contributed by atoms with E-state index in [4.69, 9.17) is 4.98 Å². The van der Waals surface area contributed by atoms with E-state index in [0.29, 0.717) is 0 Å². The van der Waals surface area contributed by atoms with Crippen LogP contribution in [0, 0.1) is 0 Å². The SMILES string of the molecule is CC(C)(C)c1cc(-c2cc(C(C)(C)C)cc(-c3ccccc3)c2-[n+]2cn(-c3cc(-c4ccccc4)cc(N(c4ccccc4)c4ccc5c(c4)N(c4cc(C(C)(C)C)ccn4)c4ccccc4-c4ccccc4-5)c3)c3ccccc32)cc(C(C)(C)C)c1. The zero-order valence-electron chi connectivity index (χ0n) is 52.5. The molecule has 5 nitrogen and oxygen atoms in total. The van der Waals surface area contributed by atoms with Crippen LogP contribution in [0.5, 0.6) is 0 Å². The Bertz CT molecular complexity index is 4510. The molecule has 0 atom stereocenters. The number of fused-ring (bicyclic) bond motifs is 6. The Morgan fingerprint density at radius 2 is 0.874 bits per heavy atom. The van der Waals surface area contributed by atoms with E-state index >= 15 is 0 Å². The van der Waals surface area contributed by atoms with Crippen LogP contribution in [0.4, 0.5) is 34.3 Å². The van der Waals surface area contributed by atoms with Crippen LogP contribution in [0.25, 0.3) is 78.0 Å². The maximum absolute atomic E-state index is 5.20. The van der Waals surface area contributed by atoms with Crippen molar-refractivity contribution in [2.24, 2.45) is 0 Å². The summed E-state index contributed by atoms with van der Waals surface area (Å²) in [6.45, 7) is 27.9. The number of para-hydroxylation sites is 4. The Morgan fingerprint density at radius 3 is 1.51 bits per heavy atom. The van der Waals surface area contributed by atoms with E-state index in [-0.39, 0.29) is 21.7 Å². The summed E-state index contributed by atoms with van der Waals surface area (Å²) in [5.74, 6) is 0.872. The normalized spacial score (nSPS) is 12.6. The third-order valence-electron chi connectivity index (χ3n) is 17.4. The van der Waals surface area contributed by atoms with Crippen molar-refractivity contribution in [3.63, 3.8) is 0 Å². The molecule has 0 amide bonds. The summed E-state index contributed by atoms with van der Waals surface area (Å²) < 4.78 is 4.89. The number of pyridine rings is 1. The first-order valence-electron chi connectivity index (χ1n) is 30.8. The Balaban J connectivity index is 1.08. The summed E-state index contributed by atoms with van der Waals surface area (Å²) >= 11 is 0. The first-order valence-corrected chi connectivity index (χ1v) is 30.8. The number of hydrogen-bond acceptors (Lipinski definition) is 3. The number of imidazole rings is 1. The lowest BCUT2D eigenvalue weighted by Gasteiger charge is -2.31. The molecule has 1 aliphatic heterocycles. The second-order valence-electron chi connectivity index (χ2n) is 27.7. The van der Waals surface area contributed by atoms with Crippen molar-refractivity contribution in [2.45, 2.75) is 105 Å². The lowest BCUT2D eigenvalue weighted by atomic mass is 9.77. The summed E-state index contributed by atoms with van der Waals surface area (Å²) in [6, 6.07) is 90.1. The fourth-order valence-corrected chi connectivity index (χ4v) is 12.5. The minimum Gasteiger partial charge on any atom is -0.310 e. The van der Waals surface area contributed by atoms with Crippen LogP contribution in [0.3, 0.4) is 0 Å². The largest absolute Gasteiger partial charge is 0.310 e. The van der Waals surface area contributed by atoms with E-state index in [2.05, 4.69) is 351 Å². The molecule has 0 bridgehead atoms. The topological polar surface area (TPSA) is 28.2 Å². The first kappa shape index (κ1) is 56.5. The van der Waals surface area contributed by atoms with Crippen molar-refractivity contribution in [3.05, 3.63) is 277 Å². The van der Waals surface area contributed by atoms with Crippen LogP contribution < -0.4 is 14.4 Å². The molecule has 1 aliphatic rings. The predicted molar refractivity (Wildman–Crippen MR) is 368 cm³/mol. The average Bonchev–Trinajstić information content (AvgIpc) is 1.76. The van der Waals surface area contributed by atoms with Gasteiger partial charge in [0.05, 0.1) is 17.1 Å². The van der Waals surface area contributed by atoms with E-state index < -0.39 is 0 Å². The third-order valence-corrected chi connectivity index (χ3v) is 17.4. The first-order chi connectivity index (χ1) is 41.7. The number of anilines is 6. The molecule has 13 rings (SSSR count). The van der Waals surface area contributed by atoms with Gasteiger partial charge in [-0.3, -0.25) is 4.90 Å². The molecule has 5 heteroatoms. The van der Waals surface area contributed by atoms with Crippen LogP contribution in [-0.4, -0.2) is 9.55 Å². The molecule has 12 aromatic rings. The van der Waals surface area contributed by atoms with Crippen LogP contribution in [0.15, 0.2) is 255 Å². The molecule has 10 aromatic carbocycles. The molecule has 87 heavy (non-hydrogen) atoms. The number of nitrogens with zero attached hydrogens (tertiary/aromatic N) is 5. The minimum atomic E-state index is -0.137. The van der Waals surface area contributed by atoms with Crippen LogP contribution >= 0.6 is 0 Å². The third kappa shape index (κ3) is 10.8. The molecule has 430 valence electrons. The Labute approximate surface area is 515 Å². The van der Waals surface area contributed by atoms with Gasteiger partial charge in [-0.25, -0.2) is 4.98 Å². The van der Waals surface area contributed by atoms with E-state index in [1.807, 2.05) is 6.20 Å². The molecule has 0 N–H and O–H groups in total. The molecule has 0 saturated carbocycles. The summed E-state index contributed by atoms with van der Waals surface area (Å²) in [4.78, 5) is 10.0. The van der Waals surface area contributed by atoms with Gasteiger partial charge < -0.3 is 4.90 Å².